The maximum absolute atomic E-state index is 5.99. The van der Waals surface area contributed by atoms with Crippen molar-refractivity contribution in [3.63, 3.8) is 0 Å². The molecule has 0 spiro atoms. The van der Waals surface area contributed by atoms with Crippen LogP contribution < -0.4 is 5.73 Å². The number of likely N-dealkylation sites (tertiary alicyclic amines) is 1. The van der Waals surface area contributed by atoms with E-state index in [4.69, 9.17) is 5.73 Å². The molecule has 2 rings (SSSR count). The first kappa shape index (κ1) is 16.5. The van der Waals surface area contributed by atoms with E-state index >= 15 is 0 Å². The summed E-state index contributed by atoms with van der Waals surface area (Å²) in [5.74, 6) is 1.35. The Balaban J connectivity index is 0.00000180. The second-order valence-electron chi connectivity index (χ2n) is 5.81. The molecule has 1 aliphatic rings. The molecule has 1 fully saturated rings. The van der Waals surface area contributed by atoms with Gasteiger partial charge in [0.05, 0.1) is 0 Å². The largest absolute Gasteiger partial charge is 0.328 e. The van der Waals surface area contributed by atoms with Gasteiger partial charge in [0.1, 0.15) is 0 Å². The molecule has 0 saturated carbocycles. The first-order valence-electron chi connectivity index (χ1n) is 7.19. The Morgan fingerprint density at radius 3 is 2.26 bits per heavy atom. The lowest BCUT2D eigenvalue weighted by Crippen LogP contribution is -2.40. The van der Waals surface area contributed by atoms with Crippen LogP contribution >= 0.6 is 12.4 Å². The summed E-state index contributed by atoms with van der Waals surface area (Å²) in [6.45, 7) is 8.07. The lowest BCUT2D eigenvalue weighted by atomic mass is 9.90. The predicted molar refractivity (Wildman–Crippen MR) is 84.9 cm³/mol. The Morgan fingerprint density at radius 2 is 1.74 bits per heavy atom. The third kappa shape index (κ3) is 4.79. The predicted octanol–water partition coefficient (Wildman–Crippen LogP) is 3.27. The molecule has 0 amide bonds. The van der Waals surface area contributed by atoms with E-state index in [2.05, 4.69) is 49.1 Å². The fourth-order valence-corrected chi connectivity index (χ4v) is 2.94. The Morgan fingerprint density at radius 1 is 1.16 bits per heavy atom. The average molecular weight is 283 g/mol. The summed E-state index contributed by atoms with van der Waals surface area (Å²) in [6.07, 6.45) is 2.53. The Labute approximate surface area is 123 Å². The van der Waals surface area contributed by atoms with Crippen LogP contribution in [0.25, 0.3) is 0 Å². The Bertz CT molecular complexity index is 345. The van der Waals surface area contributed by atoms with Crippen molar-refractivity contribution in [1.82, 2.24) is 4.90 Å². The first-order valence-corrected chi connectivity index (χ1v) is 7.19. The fourth-order valence-electron chi connectivity index (χ4n) is 2.94. The number of nitrogens with zero attached hydrogens (tertiary/aromatic N) is 1. The summed E-state index contributed by atoms with van der Waals surface area (Å²) < 4.78 is 0. The van der Waals surface area contributed by atoms with Crippen molar-refractivity contribution in [2.45, 2.75) is 38.6 Å². The maximum Gasteiger partial charge on any atom is 0.00476 e. The molecule has 1 saturated heterocycles. The number of rotatable bonds is 4. The van der Waals surface area contributed by atoms with Crippen molar-refractivity contribution in [2.24, 2.45) is 11.7 Å². The maximum atomic E-state index is 5.99. The summed E-state index contributed by atoms with van der Waals surface area (Å²) in [4.78, 5) is 2.59. The molecule has 0 aromatic heterocycles. The fraction of sp³-hybridized carbons (Fsp3) is 0.625. The Kier molecular flexibility index (Phi) is 6.84. The summed E-state index contributed by atoms with van der Waals surface area (Å²) in [5.41, 5.74) is 7.44. The van der Waals surface area contributed by atoms with Crippen molar-refractivity contribution in [2.75, 3.05) is 19.6 Å². The van der Waals surface area contributed by atoms with Crippen LogP contribution in [-0.2, 0) is 0 Å². The van der Waals surface area contributed by atoms with Gasteiger partial charge in [-0.05, 0) is 50.3 Å². The van der Waals surface area contributed by atoms with Crippen molar-refractivity contribution in [3.05, 3.63) is 35.9 Å². The molecule has 1 aromatic rings. The molecule has 1 aromatic carbocycles. The van der Waals surface area contributed by atoms with Gasteiger partial charge in [-0.2, -0.15) is 0 Å². The molecule has 2 atom stereocenters. The van der Waals surface area contributed by atoms with Gasteiger partial charge in [0.15, 0.2) is 0 Å². The van der Waals surface area contributed by atoms with Crippen molar-refractivity contribution in [1.29, 1.82) is 0 Å². The molecule has 3 heteroatoms. The van der Waals surface area contributed by atoms with Crippen molar-refractivity contribution < 1.29 is 0 Å². The Hall–Kier alpha value is -0.570. The van der Waals surface area contributed by atoms with E-state index in [9.17, 15) is 0 Å². The molecule has 108 valence electrons. The van der Waals surface area contributed by atoms with Gasteiger partial charge in [-0.15, -0.1) is 12.4 Å². The molecule has 19 heavy (non-hydrogen) atoms. The van der Waals surface area contributed by atoms with Gasteiger partial charge >= 0.3 is 0 Å². The van der Waals surface area contributed by atoms with E-state index in [-0.39, 0.29) is 12.4 Å². The van der Waals surface area contributed by atoms with Crippen LogP contribution in [0.3, 0.4) is 0 Å². The second-order valence-corrected chi connectivity index (χ2v) is 5.81. The number of benzene rings is 1. The smallest absolute Gasteiger partial charge is 0.00476 e. The lowest BCUT2D eigenvalue weighted by Gasteiger charge is -2.35. The zero-order valence-electron chi connectivity index (χ0n) is 12.1. The zero-order chi connectivity index (χ0) is 13.0. The monoisotopic (exact) mass is 282 g/mol. The normalized spacial score (nSPS) is 20.6. The number of piperidine rings is 1. The summed E-state index contributed by atoms with van der Waals surface area (Å²) >= 11 is 0. The molecule has 1 aliphatic heterocycles. The van der Waals surface area contributed by atoms with E-state index in [0.29, 0.717) is 12.0 Å². The molecule has 0 bridgehead atoms. The van der Waals surface area contributed by atoms with Gasteiger partial charge in [0.25, 0.3) is 0 Å². The number of hydrogen-bond donors (Lipinski definition) is 1. The summed E-state index contributed by atoms with van der Waals surface area (Å²) in [7, 11) is 0. The highest BCUT2D eigenvalue weighted by Gasteiger charge is 2.22. The quantitative estimate of drug-likeness (QED) is 0.918. The van der Waals surface area contributed by atoms with Gasteiger partial charge in [-0.25, -0.2) is 0 Å². The minimum absolute atomic E-state index is 0. The summed E-state index contributed by atoms with van der Waals surface area (Å²) in [6, 6.07) is 11.2. The SMILES string of the molecule is CC(CN1CCC(C(C)N)CC1)c1ccccc1.Cl. The first-order chi connectivity index (χ1) is 8.66. The molecule has 1 heterocycles. The molecule has 0 aliphatic carbocycles. The molecular formula is C16H27ClN2. The highest BCUT2D eigenvalue weighted by Crippen LogP contribution is 2.22. The van der Waals surface area contributed by atoms with Crippen molar-refractivity contribution >= 4 is 12.4 Å². The van der Waals surface area contributed by atoms with Crippen LogP contribution in [-0.4, -0.2) is 30.6 Å². The lowest BCUT2D eigenvalue weighted by molar-refractivity contribution is 0.166. The van der Waals surface area contributed by atoms with Gasteiger partial charge in [-0.1, -0.05) is 37.3 Å². The zero-order valence-corrected chi connectivity index (χ0v) is 12.9. The average Bonchev–Trinajstić information content (AvgIpc) is 2.40. The highest BCUT2D eigenvalue weighted by molar-refractivity contribution is 5.85. The van der Waals surface area contributed by atoms with Crippen LogP contribution in [0.15, 0.2) is 30.3 Å². The third-order valence-corrected chi connectivity index (χ3v) is 4.28. The molecule has 0 radical (unpaired) electrons. The van der Waals surface area contributed by atoms with Crippen LogP contribution in [0, 0.1) is 5.92 Å². The van der Waals surface area contributed by atoms with E-state index < -0.39 is 0 Å². The van der Waals surface area contributed by atoms with E-state index in [1.807, 2.05) is 0 Å². The van der Waals surface area contributed by atoms with Crippen LogP contribution in [0.5, 0.6) is 0 Å². The van der Waals surface area contributed by atoms with E-state index in [0.717, 1.165) is 5.92 Å². The van der Waals surface area contributed by atoms with Crippen LogP contribution in [0.4, 0.5) is 0 Å². The highest BCUT2D eigenvalue weighted by atomic mass is 35.5. The van der Waals surface area contributed by atoms with Crippen LogP contribution in [0.2, 0.25) is 0 Å². The molecular weight excluding hydrogens is 256 g/mol. The number of hydrogen-bond acceptors (Lipinski definition) is 2. The van der Waals surface area contributed by atoms with Gasteiger partial charge in [-0.3, -0.25) is 0 Å². The topological polar surface area (TPSA) is 29.3 Å². The minimum Gasteiger partial charge on any atom is -0.328 e. The molecule has 2 N–H and O–H groups in total. The molecule has 2 unspecified atom stereocenters. The standard InChI is InChI=1S/C16H26N2.ClH/c1-13(15-6-4-3-5-7-15)12-18-10-8-16(9-11-18)14(2)17;/h3-7,13-14,16H,8-12,17H2,1-2H3;1H. The van der Waals surface area contributed by atoms with Gasteiger partial charge in [0, 0.05) is 12.6 Å². The minimum atomic E-state index is 0. The van der Waals surface area contributed by atoms with Gasteiger partial charge < -0.3 is 10.6 Å². The molecule has 2 nitrogen and oxygen atoms in total. The van der Waals surface area contributed by atoms with Crippen molar-refractivity contribution in [3.8, 4) is 0 Å². The van der Waals surface area contributed by atoms with Crippen LogP contribution in [0.1, 0.15) is 38.2 Å². The second kappa shape index (κ2) is 7.88. The number of nitrogens with two attached hydrogens (primary N) is 1. The van der Waals surface area contributed by atoms with E-state index in [1.54, 1.807) is 0 Å². The third-order valence-electron chi connectivity index (χ3n) is 4.28. The van der Waals surface area contributed by atoms with E-state index in [1.165, 1.54) is 38.0 Å². The number of halogens is 1. The summed E-state index contributed by atoms with van der Waals surface area (Å²) in [5, 5.41) is 0. The van der Waals surface area contributed by atoms with Gasteiger partial charge in [0.2, 0.25) is 0 Å².